The molecule has 0 saturated carbocycles. The van der Waals surface area contributed by atoms with Gasteiger partial charge in [-0.15, -0.1) is 0 Å². The van der Waals surface area contributed by atoms with E-state index in [0.29, 0.717) is 13.1 Å². The molecule has 0 spiro atoms. The Balaban J connectivity index is 1.63. The Morgan fingerprint density at radius 3 is 2.61 bits per heavy atom. The molecule has 1 aliphatic rings. The van der Waals surface area contributed by atoms with Crippen LogP contribution in [-0.4, -0.2) is 55.4 Å². The van der Waals surface area contributed by atoms with Crippen molar-refractivity contribution in [1.82, 2.24) is 24.2 Å². The molecule has 4 rings (SSSR count). The van der Waals surface area contributed by atoms with Gasteiger partial charge in [0.2, 0.25) is 5.91 Å². The summed E-state index contributed by atoms with van der Waals surface area (Å²) in [5.41, 5.74) is -1.09. The maximum Gasteiger partial charge on any atom is 0.416 e. The fourth-order valence-corrected chi connectivity index (χ4v) is 3.69. The van der Waals surface area contributed by atoms with Crippen LogP contribution in [0.15, 0.2) is 41.6 Å². The van der Waals surface area contributed by atoms with Gasteiger partial charge in [0.05, 0.1) is 29.7 Å². The number of alkyl halides is 3. The number of aromatic nitrogens is 4. The minimum absolute atomic E-state index is 0.101. The summed E-state index contributed by atoms with van der Waals surface area (Å²) in [4.78, 5) is 31.3. The number of morpholine rings is 1. The van der Waals surface area contributed by atoms with Gasteiger partial charge in [-0.2, -0.15) is 18.3 Å². The minimum Gasteiger partial charge on any atom is -0.372 e. The smallest absolute Gasteiger partial charge is 0.372 e. The van der Waals surface area contributed by atoms with Gasteiger partial charge < -0.3 is 9.64 Å². The summed E-state index contributed by atoms with van der Waals surface area (Å²) in [6.45, 7) is 4.41. The molecule has 0 radical (unpaired) electrons. The third-order valence-corrected chi connectivity index (χ3v) is 5.05. The number of amides is 1. The van der Waals surface area contributed by atoms with Gasteiger partial charge in [0.1, 0.15) is 18.3 Å². The summed E-state index contributed by atoms with van der Waals surface area (Å²) >= 11 is 0. The molecular weight excluding hydrogens is 415 g/mol. The molecule has 3 aromatic rings. The van der Waals surface area contributed by atoms with E-state index in [1.54, 1.807) is 4.90 Å². The predicted molar refractivity (Wildman–Crippen MR) is 105 cm³/mol. The van der Waals surface area contributed by atoms with Crippen molar-refractivity contribution < 1.29 is 22.7 Å². The molecule has 1 amide bonds. The zero-order valence-corrected chi connectivity index (χ0v) is 16.8. The number of carbonyl (C=O) groups is 1. The highest BCUT2D eigenvalue weighted by Crippen LogP contribution is 2.30. The van der Waals surface area contributed by atoms with Crippen LogP contribution in [0, 0.1) is 0 Å². The number of rotatable bonds is 3. The van der Waals surface area contributed by atoms with Crippen molar-refractivity contribution in [2.24, 2.45) is 0 Å². The zero-order valence-electron chi connectivity index (χ0n) is 16.8. The maximum absolute atomic E-state index is 13.0. The van der Waals surface area contributed by atoms with Crippen molar-refractivity contribution in [2.45, 2.75) is 38.8 Å². The second-order valence-electron chi connectivity index (χ2n) is 7.58. The molecule has 1 saturated heterocycles. The Kier molecular flexibility index (Phi) is 5.29. The summed E-state index contributed by atoms with van der Waals surface area (Å²) in [7, 11) is 0. The monoisotopic (exact) mass is 435 g/mol. The van der Waals surface area contributed by atoms with E-state index in [0.717, 1.165) is 12.1 Å². The summed E-state index contributed by atoms with van der Waals surface area (Å²) in [5.74, 6) is -0.240. The molecular formula is C20H20F3N5O3. The Hall–Kier alpha value is -3.21. The van der Waals surface area contributed by atoms with Gasteiger partial charge in [0, 0.05) is 13.1 Å². The first-order valence-corrected chi connectivity index (χ1v) is 9.67. The Morgan fingerprint density at radius 2 is 1.94 bits per heavy atom. The second-order valence-corrected chi connectivity index (χ2v) is 7.58. The van der Waals surface area contributed by atoms with Gasteiger partial charge in [-0.05, 0) is 32.0 Å². The predicted octanol–water partition coefficient (Wildman–Crippen LogP) is 2.24. The quantitative estimate of drug-likeness (QED) is 0.630. The average molecular weight is 435 g/mol. The summed E-state index contributed by atoms with van der Waals surface area (Å²) in [5, 5.41) is 4.15. The number of hydrogen-bond donors (Lipinski definition) is 0. The lowest BCUT2D eigenvalue weighted by Gasteiger charge is -2.35. The highest BCUT2D eigenvalue weighted by Gasteiger charge is 2.31. The van der Waals surface area contributed by atoms with E-state index in [1.807, 2.05) is 13.8 Å². The van der Waals surface area contributed by atoms with Crippen LogP contribution < -0.4 is 5.56 Å². The molecule has 11 heteroatoms. The SMILES string of the molecule is CC1CN(C(=O)Cn2cnc3c(cnn3-c3cccc(C(F)(F)F)c3)c2=O)CC(C)O1. The summed E-state index contributed by atoms with van der Waals surface area (Å²) in [6.07, 6.45) is -2.26. The van der Waals surface area contributed by atoms with Crippen molar-refractivity contribution in [3.05, 3.63) is 52.7 Å². The molecule has 2 unspecified atom stereocenters. The van der Waals surface area contributed by atoms with Crippen LogP contribution in [0.5, 0.6) is 0 Å². The third-order valence-electron chi connectivity index (χ3n) is 5.05. The summed E-state index contributed by atoms with van der Waals surface area (Å²) < 4.78 is 47.0. The second kappa shape index (κ2) is 7.80. The van der Waals surface area contributed by atoms with Crippen LogP contribution in [0.2, 0.25) is 0 Å². The third kappa shape index (κ3) is 4.18. The van der Waals surface area contributed by atoms with Crippen molar-refractivity contribution in [1.29, 1.82) is 0 Å². The molecule has 31 heavy (non-hydrogen) atoms. The fraction of sp³-hybridized carbons (Fsp3) is 0.400. The van der Waals surface area contributed by atoms with Crippen molar-refractivity contribution in [3.63, 3.8) is 0 Å². The first-order chi connectivity index (χ1) is 14.6. The van der Waals surface area contributed by atoms with E-state index in [1.165, 1.54) is 33.9 Å². The Morgan fingerprint density at radius 1 is 1.23 bits per heavy atom. The van der Waals surface area contributed by atoms with E-state index < -0.39 is 17.3 Å². The number of hydrogen-bond acceptors (Lipinski definition) is 5. The van der Waals surface area contributed by atoms with Gasteiger partial charge in [-0.1, -0.05) is 6.07 Å². The lowest BCUT2D eigenvalue weighted by Crippen LogP contribution is -2.49. The van der Waals surface area contributed by atoms with Gasteiger partial charge >= 0.3 is 6.18 Å². The number of halogens is 3. The van der Waals surface area contributed by atoms with Crippen LogP contribution in [0.1, 0.15) is 19.4 Å². The molecule has 8 nitrogen and oxygen atoms in total. The number of benzene rings is 1. The standard InChI is InChI=1S/C20H20F3N5O3/c1-12-8-26(9-13(2)31-12)17(29)10-27-11-24-18-16(19(27)30)7-25-28(18)15-5-3-4-14(6-15)20(21,22)23/h3-7,11-13H,8-10H2,1-2H3. The first kappa shape index (κ1) is 21.0. The van der Waals surface area contributed by atoms with E-state index in [2.05, 4.69) is 10.1 Å². The number of nitrogens with zero attached hydrogens (tertiary/aromatic N) is 5. The van der Waals surface area contributed by atoms with Crippen molar-refractivity contribution in [3.8, 4) is 5.69 Å². The first-order valence-electron chi connectivity index (χ1n) is 9.67. The molecule has 2 atom stereocenters. The minimum atomic E-state index is -4.51. The van der Waals surface area contributed by atoms with Gasteiger partial charge in [-0.25, -0.2) is 9.67 Å². The van der Waals surface area contributed by atoms with Gasteiger partial charge in [0.25, 0.3) is 5.56 Å². The van der Waals surface area contributed by atoms with Gasteiger partial charge in [0.15, 0.2) is 5.65 Å². The van der Waals surface area contributed by atoms with Crippen LogP contribution >= 0.6 is 0 Å². The molecule has 164 valence electrons. The van der Waals surface area contributed by atoms with E-state index in [-0.39, 0.29) is 41.4 Å². The van der Waals surface area contributed by atoms with Crippen molar-refractivity contribution >= 4 is 16.9 Å². The Labute approximate surface area is 174 Å². The largest absolute Gasteiger partial charge is 0.416 e. The molecule has 1 aromatic carbocycles. The van der Waals surface area contributed by atoms with E-state index >= 15 is 0 Å². The van der Waals surface area contributed by atoms with E-state index in [4.69, 9.17) is 4.74 Å². The molecule has 3 heterocycles. The van der Waals surface area contributed by atoms with Gasteiger partial charge in [-0.3, -0.25) is 14.2 Å². The maximum atomic E-state index is 13.0. The highest BCUT2D eigenvalue weighted by molar-refractivity contribution is 5.78. The number of carbonyl (C=O) groups excluding carboxylic acids is 1. The van der Waals surface area contributed by atoms with Crippen LogP contribution in [0.25, 0.3) is 16.7 Å². The fourth-order valence-electron chi connectivity index (χ4n) is 3.69. The molecule has 1 fully saturated rings. The molecule has 0 N–H and O–H groups in total. The van der Waals surface area contributed by atoms with Crippen LogP contribution in [-0.2, 0) is 22.3 Å². The number of fused-ring (bicyclic) bond motifs is 1. The highest BCUT2D eigenvalue weighted by atomic mass is 19.4. The lowest BCUT2D eigenvalue weighted by atomic mass is 10.2. The molecule has 1 aliphatic heterocycles. The normalized spacial score (nSPS) is 19.7. The lowest BCUT2D eigenvalue weighted by molar-refractivity contribution is -0.143. The summed E-state index contributed by atoms with van der Waals surface area (Å²) in [6, 6.07) is 4.59. The average Bonchev–Trinajstić information content (AvgIpc) is 3.13. The zero-order chi connectivity index (χ0) is 22.3. The van der Waals surface area contributed by atoms with E-state index in [9.17, 15) is 22.8 Å². The van der Waals surface area contributed by atoms with Crippen LogP contribution in [0.3, 0.4) is 0 Å². The van der Waals surface area contributed by atoms with Crippen LogP contribution in [0.4, 0.5) is 13.2 Å². The molecule has 0 bridgehead atoms. The number of ether oxygens (including phenoxy) is 1. The molecule has 0 aliphatic carbocycles. The van der Waals surface area contributed by atoms with Crippen molar-refractivity contribution in [2.75, 3.05) is 13.1 Å². The topological polar surface area (TPSA) is 82.3 Å². The molecule has 2 aromatic heterocycles. The Bertz CT molecular complexity index is 1180.